The number of aryl methyl sites for hydroxylation is 1. The maximum atomic E-state index is 12.6. The van der Waals surface area contributed by atoms with Crippen molar-refractivity contribution in [3.05, 3.63) is 29.8 Å². The van der Waals surface area contributed by atoms with Crippen LogP contribution in [-0.2, 0) is 16.0 Å². The SMILES string of the molecule is CCCc1ccc(OCC(=O)N2CCCN(C(=O)C(CC)CC)CC2)cc1. The zero-order valence-corrected chi connectivity index (χ0v) is 17.1. The Labute approximate surface area is 163 Å². The Kier molecular flexibility index (Phi) is 8.62. The van der Waals surface area contributed by atoms with Crippen LogP contribution in [0.15, 0.2) is 24.3 Å². The van der Waals surface area contributed by atoms with Crippen LogP contribution in [0.5, 0.6) is 5.75 Å². The predicted molar refractivity (Wildman–Crippen MR) is 108 cm³/mol. The molecule has 5 nitrogen and oxygen atoms in total. The summed E-state index contributed by atoms with van der Waals surface area (Å²) < 4.78 is 5.67. The van der Waals surface area contributed by atoms with E-state index in [1.54, 1.807) is 0 Å². The Morgan fingerprint density at radius 3 is 2.22 bits per heavy atom. The molecule has 0 aromatic heterocycles. The average molecular weight is 375 g/mol. The molecule has 5 heteroatoms. The lowest BCUT2D eigenvalue weighted by Gasteiger charge is -2.25. The van der Waals surface area contributed by atoms with Crippen molar-refractivity contribution >= 4 is 11.8 Å². The molecule has 0 saturated carbocycles. The van der Waals surface area contributed by atoms with Gasteiger partial charge in [0.15, 0.2) is 6.61 Å². The smallest absolute Gasteiger partial charge is 0.260 e. The number of carbonyl (C=O) groups excluding carboxylic acids is 2. The van der Waals surface area contributed by atoms with Gasteiger partial charge >= 0.3 is 0 Å². The molecule has 0 bridgehead atoms. The van der Waals surface area contributed by atoms with Crippen molar-refractivity contribution in [3.8, 4) is 5.75 Å². The first-order valence-corrected chi connectivity index (χ1v) is 10.4. The molecule has 0 unspecified atom stereocenters. The zero-order chi connectivity index (χ0) is 19.6. The monoisotopic (exact) mass is 374 g/mol. The normalized spacial score (nSPS) is 15.0. The highest BCUT2D eigenvalue weighted by Gasteiger charge is 2.25. The molecular formula is C22H34N2O3. The van der Waals surface area contributed by atoms with E-state index >= 15 is 0 Å². The second-order valence-corrected chi connectivity index (χ2v) is 7.26. The third-order valence-corrected chi connectivity index (χ3v) is 5.32. The van der Waals surface area contributed by atoms with Crippen molar-refractivity contribution in [2.24, 2.45) is 5.92 Å². The molecule has 1 aromatic rings. The summed E-state index contributed by atoms with van der Waals surface area (Å²) in [5.74, 6) is 1.05. The quantitative estimate of drug-likeness (QED) is 0.700. The summed E-state index contributed by atoms with van der Waals surface area (Å²) in [5.41, 5.74) is 1.28. The van der Waals surface area contributed by atoms with Gasteiger partial charge in [-0.3, -0.25) is 9.59 Å². The fourth-order valence-electron chi connectivity index (χ4n) is 3.56. The first kappa shape index (κ1) is 21.3. The van der Waals surface area contributed by atoms with Crippen LogP contribution in [0, 0.1) is 5.92 Å². The van der Waals surface area contributed by atoms with E-state index in [0.29, 0.717) is 19.6 Å². The van der Waals surface area contributed by atoms with Crippen LogP contribution in [-0.4, -0.2) is 54.4 Å². The summed E-state index contributed by atoms with van der Waals surface area (Å²) in [7, 11) is 0. The summed E-state index contributed by atoms with van der Waals surface area (Å²) in [4.78, 5) is 28.8. The van der Waals surface area contributed by atoms with Gasteiger partial charge in [0.2, 0.25) is 5.91 Å². The third kappa shape index (κ3) is 6.26. The molecule has 1 aromatic carbocycles. The number of hydrogen-bond acceptors (Lipinski definition) is 3. The molecule has 1 heterocycles. The van der Waals surface area contributed by atoms with Gasteiger partial charge in [0.1, 0.15) is 5.75 Å². The minimum absolute atomic E-state index is 0.00975. The summed E-state index contributed by atoms with van der Waals surface area (Å²) in [5, 5.41) is 0. The van der Waals surface area contributed by atoms with Crippen LogP contribution >= 0.6 is 0 Å². The van der Waals surface area contributed by atoms with Gasteiger partial charge in [-0.25, -0.2) is 0 Å². The number of carbonyl (C=O) groups is 2. The van der Waals surface area contributed by atoms with E-state index in [-0.39, 0.29) is 24.3 Å². The molecule has 150 valence electrons. The Hall–Kier alpha value is -2.04. The van der Waals surface area contributed by atoms with Gasteiger partial charge in [-0.1, -0.05) is 39.3 Å². The molecule has 0 N–H and O–H groups in total. The second kappa shape index (κ2) is 11.0. The van der Waals surface area contributed by atoms with Gasteiger partial charge in [-0.15, -0.1) is 0 Å². The van der Waals surface area contributed by atoms with E-state index in [1.165, 1.54) is 5.56 Å². The molecule has 0 spiro atoms. The highest BCUT2D eigenvalue weighted by molar-refractivity contribution is 5.80. The molecule has 0 radical (unpaired) electrons. The highest BCUT2D eigenvalue weighted by atomic mass is 16.5. The van der Waals surface area contributed by atoms with Crippen LogP contribution in [0.2, 0.25) is 0 Å². The molecule has 0 atom stereocenters. The van der Waals surface area contributed by atoms with Crippen molar-refractivity contribution in [3.63, 3.8) is 0 Å². The maximum Gasteiger partial charge on any atom is 0.260 e. The van der Waals surface area contributed by atoms with E-state index in [4.69, 9.17) is 4.74 Å². The van der Waals surface area contributed by atoms with Crippen LogP contribution < -0.4 is 4.74 Å². The van der Waals surface area contributed by atoms with Gasteiger partial charge in [0.25, 0.3) is 5.91 Å². The average Bonchev–Trinajstić information content (AvgIpc) is 2.94. The van der Waals surface area contributed by atoms with Crippen molar-refractivity contribution in [1.29, 1.82) is 0 Å². The standard InChI is InChI=1S/C22H34N2O3/c1-4-8-18-9-11-20(12-10-18)27-17-21(25)23-13-7-14-24(16-15-23)22(26)19(5-2)6-3/h9-12,19H,4-8,13-17H2,1-3H3. The minimum Gasteiger partial charge on any atom is -0.484 e. The van der Waals surface area contributed by atoms with Gasteiger partial charge in [0.05, 0.1) is 0 Å². The molecule has 2 rings (SSSR count). The van der Waals surface area contributed by atoms with E-state index in [0.717, 1.165) is 44.4 Å². The first-order chi connectivity index (χ1) is 13.1. The Morgan fingerprint density at radius 1 is 0.963 bits per heavy atom. The molecule has 1 saturated heterocycles. The van der Waals surface area contributed by atoms with Crippen LogP contribution in [0.3, 0.4) is 0 Å². The van der Waals surface area contributed by atoms with E-state index in [2.05, 4.69) is 32.9 Å². The number of nitrogens with zero attached hydrogens (tertiary/aromatic N) is 2. The van der Waals surface area contributed by atoms with Crippen LogP contribution in [0.25, 0.3) is 0 Å². The molecule has 0 aliphatic carbocycles. The second-order valence-electron chi connectivity index (χ2n) is 7.26. The summed E-state index contributed by atoms with van der Waals surface area (Å²) in [6, 6.07) is 7.96. The van der Waals surface area contributed by atoms with Gasteiger partial charge in [-0.05, 0) is 43.4 Å². The van der Waals surface area contributed by atoms with Gasteiger partial charge < -0.3 is 14.5 Å². The molecule has 1 aliphatic heterocycles. The summed E-state index contributed by atoms with van der Waals surface area (Å²) in [6.07, 6.45) is 4.74. The van der Waals surface area contributed by atoms with Crippen LogP contribution in [0.4, 0.5) is 0 Å². The van der Waals surface area contributed by atoms with Crippen molar-refractivity contribution in [1.82, 2.24) is 9.80 Å². The van der Waals surface area contributed by atoms with E-state index < -0.39 is 0 Å². The lowest BCUT2D eigenvalue weighted by Crippen LogP contribution is -2.40. The number of amides is 2. The molecular weight excluding hydrogens is 340 g/mol. The molecule has 27 heavy (non-hydrogen) atoms. The number of ether oxygens (including phenoxy) is 1. The molecule has 2 amide bonds. The fourth-order valence-corrected chi connectivity index (χ4v) is 3.56. The number of benzene rings is 1. The number of hydrogen-bond donors (Lipinski definition) is 0. The summed E-state index contributed by atoms with van der Waals surface area (Å²) in [6.45, 7) is 8.95. The van der Waals surface area contributed by atoms with Gasteiger partial charge in [0, 0.05) is 32.1 Å². The lowest BCUT2D eigenvalue weighted by atomic mass is 10.0. The van der Waals surface area contributed by atoms with Gasteiger partial charge in [-0.2, -0.15) is 0 Å². The molecule has 1 fully saturated rings. The Balaban J connectivity index is 1.82. The third-order valence-electron chi connectivity index (χ3n) is 5.32. The topological polar surface area (TPSA) is 49.9 Å². The Morgan fingerprint density at radius 2 is 1.59 bits per heavy atom. The lowest BCUT2D eigenvalue weighted by molar-refractivity contribution is -0.137. The molecule has 1 aliphatic rings. The zero-order valence-electron chi connectivity index (χ0n) is 17.1. The van der Waals surface area contributed by atoms with Crippen molar-refractivity contribution in [2.45, 2.75) is 52.9 Å². The van der Waals surface area contributed by atoms with E-state index in [1.807, 2.05) is 21.9 Å². The van der Waals surface area contributed by atoms with Crippen LogP contribution in [0.1, 0.15) is 52.0 Å². The fraction of sp³-hybridized carbons (Fsp3) is 0.636. The maximum absolute atomic E-state index is 12.6. The minimum atomic E-state index is -0.00975. The summed E-state index contributed by atoms with van der Waals surface area (Å²) >= 11 is 0. The highest BCUT2D eigenvalue weighted by Crippen LogP contribution is 2.16. The van der Waals surface area contributed by atoms with Crippen molar-refractivity contribution < 1.29 is 14.3 Å². The predicted octanol–water partition coefficient (Wildman–Crippen LogP) is 3.52. The largest absolute Gasteiger partial charge is 0.484 e. The van der Waals surface area contributed by atoms with Crippen molar-refractivity contribution in [2.75, 3.05) is 32.8 Å². The van der Waals surface area contributed by atoms with E-state index in [9.17, 15) is 9.59 Å². The number of rotatable bonds is 8. The first-order valence-electron chi connectivity index (χ1n) is 10.4. The Bertz CT molecular complexity index is 596.